The summed E-state index contributed by atoms with van der Waals surface area (Å²) < 4.78 is 0. The zero-order valence-electron chi connectivity index (χ0n) is 14.6. The third-order valence-electron chi connectivity index (χ3n) is 4.88. The highest BCUT2D eigenvalue weighted by Gasteiger charge is 2.30. The largest absolute Gasteiger partial charge is 0.377 e. The maximum absolute atomic E-state index is 12.8. The highest BCUT2D eigenvalue weighted by molar-refractivity contribution is 6.02. The normalized spacial score (nSPS) is 18.1. The van der Waals surface area contributed by atoms with Crippen LogP contribution in [-0.4, -0.2) is 32.0 Å². The molecule has 1 aromatic rings. The maximum atomic E-state index is 12.8. The van der Waals surface area contributed by atoms with E-state index in [1.165, 1.54) is 19.3 Å². The second-order valence-electron chi connectivity index (χ2n) is 7.20. The minimum Gasteiger partial charge on any atom is -0.377 e. The SMILES string of the molecule is CN(C)c1ccc(NC(=O)C2CC2)cc1C(=O)NC1CCCCC1. The van der Waals surface area contributed by atoms with Crippen LogP contribution in [0.3, 0.4) is 0 Å². The van der Waals surface area contributed by atoms with Crippen molar-refractivity contribution in [3.63, 3.8) is 0 Å². The zero-order valence-corrected chi connectivity index (χ0v) is 14.6. The average molecular weight is 329 g/mol. The van der Waals surface area contributed by atoms with E-state index in [0.717, 1.165) is 31.4 Å². The molecule has 3 rings (SSSR count). The van der Waals surface area contributed by atoms with Gasteiger partial charge in [-0.25, -0.2) is 0 Å². The van der Waals surface area contributed by atoms with E-state index in [-0.39, 0.29) is 23.8 Å². The minimum atomic E-state index is -0.0480. The van der Waals surface area contributed by atoms with Gasteiger partial charge in [0.2, 0.25) is 5.91 Å². The van der Waals surface area contributed by atoms with Gasteiger partial charge in [-0.1, -0.05) is 19.3 Å². The van der Waals surface area contributed by atoms with Crippen LogP contribution in [0.2, 0.25) is 0 Å². The molecule has 24 heavy (non-hydrogen) atoms. The van der Waals surface area contributed by atoms with Crippen molar-refractivity contribution in [2.75, 3.05) is 24.3 Å². The smallest absolute Gasteiger partial charge is 0.253 e. The topological polar surface area (TPSA) is 61.4 Å². The number of carbonyl (C=O) groups is 2. The van der Waals surface area contributed by atoms with Crippen LogP contribution in [0.1, 0.15) is 55.3 Å². The Kier molecular flexibility index (Phi) is 5.07. The molecule has 2 amide bonds. The molecular formula is C19H27N3O2. The van der Waals surface area contributed by atoms with Crippen LogP contribution in [0.5, 0.6) is 0 Å². The molecule has 130 valence electrons. The number of amides is 2. The number of nitrogens with one attached hydrogen (secondary N) is 2. The summed E-state index contributed by atoms with van der Waals surface area (Å²) in [7, 11) is 3.85. The number of anilines is 2. The van der Waals surface area contributed by atoms with E-state index in [4.69, 9.17) is 0 Å². The minimum absolute atomic E-state index is 0.0480. The predicted octanol–water partition coefficient (Wildman–Crippen LogP) is 3.16. The summed E-state index contributed by atoms with van der Waals surface area (Å²) in [5.74, 6) is 0.164. The Hall–Kier alpha value is -2.04. The average Bonchev–Trinajstić information content (AvgIpc) is 3.40. The lowest BCUT2D eigenvalue weighted by molar-refractivity contribution is -0.117. The highest BCUT2D eigenvalue weighted by Crippen LogP contribution is 2.31. The van der Waals surface area contributed by atoms with Crippen molar-refractivity contribution in [2.24, 2.45) is 5.92 Å². The Bertz CT molecular complexity index is 617. The third kappa shape index (κ3) is 4.08. The molecule has 5 heteroatoms. The number of benzene rings is 1. The first-order valence-electron chi connectivity index (χ1n) is 8.97. The second kappa shape index (κ2) is 7.24. The van der Waals surface area contributed by atoms with Crippen LogP contribution in [0.15, 0.2) is 18.2 Å². The molecule has 0 heterocycles. The van der Waals surface area contributed by atoms with Crippen molar-refractivity contribution in [3.8, 4) is 0 Å². The van der Waals surface area contributed by atoms with Crippen LogP contribution >= 0.6 is 0 Å². The summed E-state index contributed by atoms with van der Waals surface area (Å²) in [5.41, 5.74) is 2.19. The molecule has 0 saturated heterocycles. The van der Waals surface area contributed by atoms with Gasteiger partial charge in [-0.2, -0.15) is 0 Å². The lowest BCUT2D eigenvalue weighted by Gasteiger charge is -2.24. The van der Waals surface area contributed by atoms with E-state index in [1.807, 2.05) is 31.1 Å². The van der Waals surface area contributed by atoms with Crippen molar-refractivity contribution in [1.82, 2.24) is 5.32 Å². The van der Waals surface area contributed by atoms with Gasteiger partial charge < -0.3 is 15.5 Å². The molecule has 2 N–H and O–H groups in total. The molecule has 2 aliphatic rings. The van der Waals surface area contributed by atoms with Gasteiger partial charge >= 0.3 is 0 Å². The fraction of sp³-hybridized carbons (Fsp3) is 0.579. The van der Waals surface area contributed by atoms with E-state index in [0.29, 0.717) is 11.3 Å². The van der Waals surface area contributed by atoms with E-state index in [2.05, 4.69) is 10.6 Å². The molecule has 0 unspecified atom stereocenters. The number of nitrogens with zero attached hydrogens (tertiary/aromatic N) is 1. The molecule has 0 bridgehead atoms. The lowest BCUT2D eigenvalue weighted by Crippen LogP contribution is -2.36. The Morgan fingerprint density at radius 1 is 1.04 bits per heavy atom. The summed E-state index contributed by atoms with van der Waals surface area (Å²) in [4.78, 5) is 26.7. The predicted molar refractivity (Wildman–Crippen MR) is 96.5 cm³/mol. The van der Waals surface area contributed by atoms with Gasteiger partial charge in [0.25, 0.3) is 5.91 Å². The van der Waals surface area contributed by atoms with Crippen LogP contribution in [-0.2, 0) is 4.79 Å². The monoisotopic (exact) mass is 329 g/mol. The van der Waals surface area contributed by atoms with Gasteiger partial charge in [0.05, 0.1) is 5.56 Å². The fourth-order valence-electron chi connectivity index (χ4n) is 3.29. The second-order valence-corrected chi connectivity index (χ2v) is 7.20. The molecule has 2 fully saturated rings. The Morgan fingerprint density at radius 3 is 2.38 bits per heavy atom. The summed E-state index contributed by atoms with van der Waals surface area (Å²) in [5, 5.41) is 6.10. The maximum Gasteiger partial charge on any atom is 0.253 e. The Morgan fingerprint density at radius 2 is 1.75 bits per heavy atom. The van der Waals surface area contributed by atoms with Gasteiger partial charge in [-0.15, -0.1) is 0 Å². The van der Waals surface area contributed by atoms with E-state index >= 15 is 0 Å². The van der Waals surface area contributed by atoms with Crippen LogP contribution < -0.4 is 15.5 Å². The molecule has 2 aliphatic carbocycles. The molecule has 0 aliphatic heterocycles. The molecule has 5 nitrogen and oxygen atoms in total. The molecule has 2 saturated carbocycles. The van der Waals surface area contributed by atoms with Crippen molar-refractivity contribution in [3.05, 3.63) is 23.8 Å². The van der Waals surface area contributed by atoms with Crippen LogP contribution in [0, 0.1) is 5.92 Å². The van der Waals surface area contributed by atoms with Gasteiger partial charge in [-0.05, 0) is 43.9 Å². The first-order valence-corrected chi connectivity index (χ1v) is 8.97. The number of rotatable bonds is 5. The summed E-state index contributed by atoms with van der Waals surface area (Å²) in [6.07, 6.45) is 7.68. The molecule has 1 aromatic carbocycles. The number of hydrogen-bond acceptors (Lipinski definition) is 3. The third-order valence-corrected chi connectivity index (χ3v) is 4.88. The van der Waals surface area contributed by atoms with Crippen molar-refractivity contribution in [2.45, 2.75) is 51.0 Å². The highest BCUT2D eigenvalue weighted by atomic mass is 16.2. The van der Waals surface area contributed by atoms with E-state index in [9.17, 15) is 9.59 Å². The zero-order chi connectivity index (χ0) is 17.1. The first kappa shape index (κ1) is 16.8. The lowest BCUT2D eigenvalue weighted by atomic mass is 9.95. The van der Waals surface area contributed by atoms with Gasteiger partial charge in [-0.3, -0.25) is 9.59 Å². The van der Waals surface area contributed by atoms with Crippen molar-refractivity contribution in [1.29, 1.82) is 0 Å². The van der Waals surface area contributed by atoms with Gasteiger partial charge in [0.1, 0.15) is 0 Å². The number of carbonyl (C=O) groups excluding carboxylic acids is 2. The fourth-order valence-corrected chi connectivity index (χ4v) is 3.29. The van der Waals surface area contributed by atoms with Gasteiger partial charge in [0.15, 0.2) is 0 Å². The summed E-state index contributed by atoms with van der Waals surface area (Å²) in [6.45, 7) is 0. The van der Waals surface area contributed by atoms with Gasteiger partial charge in [0, 0.05) is 37.4 Å². The van der Waals surface area contributed by atoms with Crippen molar-refractivity contribution >= 4 is 23.2 Å². The summed E-state index contributed by atoms with van der Waals surface area (Å²) in [6, 6.07) is 5.84. The van der Waals surface area contributed by atoms with Crippen LogP contribution in [0.4, 0.5) is 11.4 Å². The standard InChI is InChI=1S/C19H27N3O2/c1-22(2)17-11-10-15(21-18(23)13-8-9-13)12-16(17)19(24)20-14-6-4-3-5-7-14/h10-14H,3-9H2,1-2H3,(H,20,24)(H,21,23). The molecular weight excluding hydrogens is 302 g/mol. The van der Waals surface area contributed by atoms with Crippen LogP contribution in [0.25, 0.3) is 0 Å². The Labute approximate surface area is 143 Å². The first-order chi connectivity index (χ1) is 11.5. The molecule has 0 radical (unpaired) electrons. The van der Waals surface area contributed by atoms with Crippen molar-refractivity contribution < 1.29 is 9.59 Å². The molecule has 0 atom stereocenters. The number of hydrogen-bond donors (Lipinski definition) is 2. The van der Waals surface area contributed by atoms with E-state index in [1.54, 1.807) is 6.07 Å². The Balaban J connectivity index is 1.76. The quantitative estimate of drug-likeness (QED) is 0.872. The summed E-state index contributed by atoms with van der Waals surface area (Å²) >= 11 is 0. The van der Waals surface area contributed by atoms with E-state index < -0.39 is 0 Å². The molecule has 0 aromatic heterocycles. The molecule has 0 spiro atoms.